The van der Waals surface area contributed by atoms with Crippen LogP contribution >= 0.6 is 0 Å². The molecule has 1 aromatic carbocycles. The van der Waals surface area contributed by atoms with Crippen molar-refractivity contribution in [2.24, 2.45) is 17.8 Å². The highest BCUT2D eigenvalue weighted by molar-refractivity contribution is 6.76. The van der Waals surface area contributed by atoms with Crippen molar-refractivity contribution in [1.29, 1.82) is 0 Å². The molecular weight excluding hydrogens is 268 g/mol. The van der Waals surface area contributed by atoms with E-state index in [1.165, 1.54) is 30.9 Å². The zero-order valence-corrected chi connectivity index (χ0v) is 14.9. The molecule has 114 valence electrons. The second kappa shape index (κ2) is 7.26. The second-order valence-electron chi connectivity index (χ2n) is 7.77. The molecule has 0 aromatic heterocycles. The van der Waals surface area contributed by atoms with Crippen molar-refractivity contribution in [3.05, 3.63) is 60.7 Å². The first kappa shape index (κ1) is 16.3. The highest BCUT2D eigenvalue weighted by atomic mass is 28.3. The maximum Gasteiger partial charge on any atom is 0.0480 e. The second-order valence-corrected chi connectivity index (χ2v) is 13.3. The predicted octanol–water partition coefficient (Wildman–Crippen LogP) is 5.95. The van der Waals surface area contributed by atoms with Crippen molar-refractivity contribution in [3.8, 4) is 0 Å². The average molecular weight is 299 g/mol. The molecule has 0 bridgehead atoms. The van der Waals surface area contributed by atoms with Crippen molar-refractivity contribution in [2.45, 2.75) is 44.9 Å². The largest absolute Gasteiger partial charge is 0.103 e. The standard InChI is InChI=1S/C20H30Si/c1-5-17-14-19(12-9-13-21(2,3)4)20(15-17)16-18-10-7-6-8-11-18/h5-12,17,19-20H,1,13-16H2,2-4H3/b12-9+/t17-,19+,20?/m0/s1. The van der Waals surface area contributed by atoms with Gasteiger partial charge in [0.2, 0.25) is 0 Å². The number of allylic oxidation sites excluding steroid dienone is 3. The molecule has 0 spiro atoms. The molecule has 0 heterocycles. The van der Waals surface area contributed by atoms with Crippen molar-refractivity contribution in [2.75, 3.05) is 0 Å². The lowest BCUT2D eigenvalue weighted by Gasteiger charge is -2.17. The first-order valence-corrected chi connectivity index (χ1v) is 12.0. The lowest BCUT2D eigenvalue weighted by Crippen LogP contribution is -2.17. The van der Waals surface area contributed by atoms with Crippen LogP contribution in [0.3, 0.4) is 0 Å². The van der Waals surface area contributed by atoms with Gasteiger partial charge < -0.3 is 0 Å². The summed E-state index contributed by atoms with van der Waals surface area (Å²) in [6, 6.07) is 12.3. The van der Waals surface area contributed by atoms with Crippen LogP contribution in [0.15, 0.2) is 55.1 Å². The molecule has 2 rings (SSSR count). The minimum absolute atomic E-state index is 0.709. The van der Waals surface area contributed by atoms with Gasteiger partial charge in [0.25, 0.3) is 0 Å². The molecule has 1 fully saturated rings. The Labute approximate surface area is 132 Å². The fraction of sp³-hybridized carbons (Fsp3) is 0.500. The van der Waals surface area contributed by atoms with Crippen LogP contribution in [0.25, 0.3) is 0 Å². The third-order valence-corrected chi connectivity index (χ3v) is 6.03. The minimum Gasteiger partial charge on any atom is -0.103 e. The Hall–Kier alpha value is -1.08. The van der Waals surface area contributed by atoms with Gasteiger partial charge in [-0.2, -0.15) is 0 Å². The number of hydrogen-bond donors (Lipinski definition) is 0. The van der Waals surface area contributed by atoms with Gasteiger partial charge in [0, 0.05) is 8.07 Å². The van der Waals surface area contributed by atoms with Gasteiger partial charge in [-0.3, -0.25) is 0 Å². The van der Waals surface area contributed by atoms with E-state index in [0.29, 0.717) is 5.92 Å². The van der Waals surface area contributed by atoms with Crippen LogP contribution in [0.1, 0.15) is 18.4 Å². The Morgan fingerprint density at radius 3 is 2.48 bits per heavy atom. The van der Waals surface area contributed by atoms with E-state index in [4.69, 9.17) is 0 Å². The van der Waals surface area contributed by atoms with E-state index in [0.717, 1.165) is 11.8 Å². The Morgan fingerprint density at radius 1 is 1.14 bits per heavy atom. The summed E-state index contributed by atoms with van der Waals surface area (Å²) < 4.78 is 0. The molecule has 1 saturated carbocycles. The summed E-state index contributed by atoms with van der Waals surface area (Å²) in [5, 5.41) is 0. The third kappa shape index (κ3) is 5.31. The smallest absolute Gasteiger partial charge is 0.0480 e. The van der Waals surface area contributed by atoms with E-state index in [1.54, 1.807) is 0 Å². The van der Waals surface area contributed by atoms with Crippen LogP contribution in [0.4, 0.5) is 0 Å². The van der Waals surface area contributed by atoms with Crippen LogP contribution in [-0.4, -0.2) is 8.07 Å². The monoisotopic (exact) mass is 298 g/mol. The molecule has 0 radical (unpaired) electrons. The number of rotatable bonds is 6. The van der Waals surface area contributed by atoms with Crippen molar-refractivity contribution in [1.82, 2.24) is 0 Å². The van der Waals surface area contributed by atoms with Crippen LogP contribution in [0.5, 0.6) is 0 Å². The number of benzene rings is 1. The molecule has 1 aromatic rings. The summed E-state index contributed by atoms with van der Waals surface area (Å²) in [6.45, 7) is 11.4. The molecule has 1 aliphatic rings. The number of hydrogen-bond acceptors (Lipinski definition) is 0. The summed E-state index contributed by atoms with van der Waals surface area (Å²) >= 11 is 0. The van der Waals surface area contributed by atoms with Crippen LogP contribution in [0, 0.1) is 17.8 Å². The Kier molecular flexibility index (Phi) is 5.63. The van der Waals surface area contributed by atoms with Crippen LogP contribution in [0.2, 0.25) is 25.7 Å². The quantitative estimate of drug-likeness (QED) is 0.449. The zero-order valence-electron chi connectivity index (χ0n) is 13.9. The van der Waals surface area contributed by atoms with E-state index in [9.17, 15) is 0 Å². The molecule has 1 heteroatoms. The lowest BCUT2D eigenvalue weighted by atomic mass is 9.89. The van der Waals surface area contributed by atoms with Gasteiger partial charge in [0.05, 0.1) is 0 Å². The first-order valence-electron chi connectivity index (χ1n) is 8.31. The summed E-state index contributed by atoms with van der Waals surface area (Å²) in [7, 11) is -0.958. The Bertz CT molecular complexity index is 466. The maximum atomic E-state index is 4.02. The van der Waals surface area contributed by atoms with Crippen molar-refractivity contribution < 1.29 is 0 Å². The summed E-state index contributed by atoms with van der Waals surface area (Å²) in [6.07, 6.45) is 11.0. The summed E-state index contributed by atoms with van der Waals surface area (Å²) in [5.41, 5.74) is 1.48. The van der Waals surface area contributed by atoms with Gasteiger partial charge >= 0.3 is 0 Å². The van der Waals surface area contributed by atoms with E-state index in [1.807, 2.05) is 0 Å². The fourth-order valence-corrected chi connectivity index (χ4v) is 4.22. The van der Waals surface area contributed by atoms with Gasteiger partial charge in [-0.05, 0) is 48.6 Å². The SMILES string of the molecule is C=C[C@@H]1CC(Cc2ccccc2)[C@H](/C=C/C[Si](C)(C)C)C1. The molecule has 0 nitrogen and oxygen atoms in total. The highest BCUT2D eigenvalue weighted by Gasteiger charge is 2.31. The van der Waals surface area contributed by atoms with Crippen LogP contribution < -0.4 is 0 Å². The molecule has 0 aliphatic heterocycles. The van der Waals surface area contributed by atoms with Gasteiger partial charge in [0.15, 0.2) is 0 Å². The first-order chi connectivity index (χ1) is 9.98. The van der Waals surface area contributed by atoms with E-state index < -0.39 is 8.07 Å². The molecule has 0 amide bonds. The molecule has 1 aliphatic carbocycles. The molecule has 3 atom stereocenters. The predicted molar refractivity (Wildman–Crippen MR) is 97.3 cm³/mol. The highest BCUT2D eigenvalue weighted by Crippen LogP contribution is 2.40. The third-order valence-electron chi connectivity index (χ3n) is 4.57. The lowest BCUT2D eigenvalue weighted by molar-refractivity contribution is 0.454. The average Bonchev–Trinajstić information content (AvgIpc) is 2.81. The van der Waals surface area contributed by atoms with Gasteiger partial charge in [-0.25, -0.2) is 0 Å². The van der Waals surface area contributed by atoms with Gasteiger partial charge in [-0.15, -0.1) is 6.58 Å². The van der Waals surface area contributed by atoms with Crippen LogP contribution in [-0.2, 0) is 6.42 Å². The maximum absolute atomic E-state index is 4.02. The topological polar surface area (TPSA) is 0 Å². The van der Waals surface area contributed by atoms with Crippen molar-refractivity contribution in [3.63, 3.8) is 0 Å². The molecular formula is C20H30Si. The summed E-state index contributed by atoms with van der Waals surface area (Å²) in [5.74, 6) is 2.23. The molecule has 0 N–H and O–H groups in total. The molecule has 0 saturated heterocycles. The van der Waals surface area contributed by atoms with E-state index >= 15 is 0 Å². The molecule has 21 heavy (non-hydrogen) atoms. The summed E-state index contributed by atoms with van der Waals surface area (Å²) in [4.78, 5) is 0. The van der Waals surface area contributed by atoms with E-state index in [-0.39, 0.29) is 0 Å². The Morgan fingerprint density at radius 2 is 1.86 bits per heavy atom. The molecule has 1 unspecified atom stereocenters. The van der Waals surface area contributed by atoms with Gasteiger partial charge in [0.1, 0.15) is 0 Å². The minimum atomic E-state index is -0.958. The normalized spacial score (nSPS) is 26.3. The fourth-order valence-electron chi connectivity index (χ4n) is 3.38. The Balaban J connectivity index is 2.01. The van der Waals surface area contributed by atoms with Crippen molar-refractivity contribution >= 4 is 8.07 Å². The zero-order chi connectivity index (χ0) is 15.3. The van der Waals surface area contributed by atoms with Gasteiger partial charge in [-0.1, -0.05) is 68.2 Å². The van der Waals surface area contributed by atoms with E-state index in [2.05, 4.69) is 74.8 Å².